The Morgan fingerprint density at radius 2 is 1.71 bits per heavy atom. The second kappa shape index (κ2) is 9.59. The molecule has 0 aliphatic heterocycles. The van der Waals surface area contributed by atoms with E-state index in [1.165, 1.54) is 12.1 Å². The summed E-state index contributed by atoms with van der Waals surface area (Å²) in [7, 11) is 1.06. The number of carbonyl (C=O) groups is 1. The van der Waals surface area contributed by atoms with E-state index in [4.69, 9.17) is 0 Å². The summed E-state index contributed by atoms with van der Waals surface area (Å²) in [6.45, 7) is 3.78. The standard InChI is InChI=1S/C23H22F6IN3O/c1-13-8-9-17(14(2)10-13)30(3)31-21(34)19-18(32-33(4)20(19)23(27,28)29)12-15-6-5-7-16(11-15)22(24,25)26/h5-11H,12H2,1-4H3,(H,31,34). The quantitative estimate of drug-likeness (QED) is 0.162. The number of hydrogen-bond acceptors (Lipinski definition) is 2. The van der Waals surface area contributed by atoms with E-state index in [0.717, 1.165) is 33.9 Å². The van der Waals surface area contributed by atoms with Crippen LogP contribution >= 0.6 is 20.1 Å². The second-order valence-corrected chi connectivity index (χ2v) is 12.2. The van der Waals surface area contributed by atoms with Gasteiger partial charge in [-0.2, -0.15) is 0 Å². The van der Waals surface area contributed by atoms with Crippen molar-refractivity contribution in [3.8, 4) is 0 Å². The maximum absolute atomic E-state index is 13.8. The van der Waals surface area contributed by atoms with E-state index in [9.17, 15) is 31.1 Å². The van der Waals surface area contributed by atoms with E-state index < -0.39 is 55.2 Å². The van der Waals surface area contributed by atoms with Crippen molar-refractivity contribution in [3.05, 3.63) is 85.2 Å². The predicted molar refractivity (Wildman–Crippen MR) is 124 cm³/mol. The van der Waals surface area contributed by atoms with Crippen LogP contribution in [-0.4, -0.2) is 20.6 Å². The molecule has 1 aromatic heterocycles. The Hall–Kier alpha value is -2.57. The molecule has 0 saturated heterocycles. The summed E-state index contributed by atoms with van der Waals surface area (Å²) >= 11 is -2.41. The first-order chi connectivity index (χ1) is 15.7. The molecule has 34 heavy (non-hydrogen) atoms. The number of carbonyl (C=O) groups excluding carboxylic acids is 1. The van der Waals surface area contributed by atoms with Crippen LogP contribution in [0.2, 0.25) is 0 Å². The SMILES string of the molecule is Cc1ccc(I(C)NC(=O)c2c(Cc3cccc(C(F)(F)F)c3)nn(C)c2C(F)(F)F)c(C)c1. The average molecular weight is 597 g/mol. The van der Waals surface area contributed by atoms with Crippen LogP contribution in [0.15, 0.2) is 42.5 Å². The summed E-state index contributed by atoms with van der Waals surface area (Å²) in [5, 5.41) is 3.87. The number of aryl methyl sites for hydroxylation is 3. The minimum atomic E-state index is -4.88. The molecule has 0 unspecified atom stereocenters. The molecule has 0 fully saturated rings. The van der Waals surface area contributed by atoms with Gasteiger partial charge in [0, 0.05) is 0 Å². The molecule has 0 bridgehead atoms. The van der Waals surface area contributed by atoms with Crippen molar-refractivity contribution in [1.29, 1.82) is 0 Å². The Morgan fingerprint density at radius 1 is 1.03 bits per heavy atom. The summed E-state index contributed by atoms with van der Waals surface area (Å²) in [5.74, 6) is -0.935. The molecular weight excluding hydrogens is 575 g/mol. The monoisotopic (exact) mass is 597 g/mol. The van der Waals surface area contributed by atoms with E-state index >= 15 is 0 Å². The Labute approximate surface area is 200 Å². The molecule has 3 rings (SSSR count). The van der Waals surface area contributed by atoms with Gasteiger partial charge in [0.15, 0.2) is 0 Å². The molecule has 0 aliphatic rings. The topological polar surface area (TPSA) is 46.9 Å². The van der Waals surface area contributed by atoms with Crippen molar-refractivity contribution < 1.29 is 31.1 Å². The normalized spacial score (nSPS) is 12.6. The number of halogens is 7. The van der Waals surface area contributed by atoms with Gasteiger partial charge in [-0.3, -0.25) is 0 Å². The van der Waals surface area contributed by atoms with Gasteiger partial charge in [0.2, 0.25) is 0 Å². The third-order valence-corrected chi connectivity index (χ3v) is 9.34. The van der Waals surface area contributed by atoms with Crippen LogP contribution in [0, 0.1) is 17.4 Å². The van der Waals surface area contributed by atoms with Gasteiger partial charge in [-0.15, -0.1) is 0 Å². The predicted octanol–water partition coefficient (Wildman–Crippen LogP) is 6.32. The zero-order chi connectivity index (χ0) is 25.4. The van der Waals surface area contributed by atoms with Crippen LogP contribution in [0.1, 0.15) is 44.0 Å². The molecule has 0 spiro atoms. The second-order valence-electron chi connectivity index (χ2n) is 7.82. The van der Waals surface area contributed by atoms with Gasteiger partial charge >= 0.3 is 200 Å². The molecule has 2 aromatic carbocycles. The van der Waals surface area contributed by atoms with Crippen molar-refractivity contribution >= 4 is 26.0 Å². The first kappa shape index (κ1) is 26.0. The molecule has 0 aliphatic carbocycles. The maximum atomic E-state index is 13.8. The summed E-state index contributed by atoms with van der Waals surface area (Å²) in [6, 6.07) is 9.89. The van der Waals surface area contributed by atoms with Gasteiger partial charge in [0.1, 0.15) is 0 Å². The number of nitrogens with zero attached hydrogens (tertiary/aromatic N) is 2. The van der Waals surface area contributed by atoms with Crippen LogP contribution in [-0.2, 0) is 25.8 Å². The molecule has 11 heteroatoms. The van der Waals surface area contributed by atoms with E-state index in [1.807, 2.05) is 32.0 Å². The molecule has 1 N–H and O–H groups in total. The molecule has 184 valence electrons. The third-order valence-electron chi connectivity index (χ3n) is 5.09. The van der Waals surface area contributed by atoms with E-state index in [2.05, 4.69) is 8.63 Å². The van der Waals surface area contributed by atoms with Gasteiger partial charge in [0.05, 0.1) is 0 Å². The first-order valence-electron chi connectivity index (χ1n) is 9.95. The Balaban J connectivity index is 2.01. The molecule has 1 amide bonds. The Kier molecular flexibility index (Phi) is 7.34. The van der Waals surface area contributed by atoms with E-state index in [0.29, 0.717) is 4.68 Å². The zero-order valence-corrected chi connectivity index (χ0v) is 20.9. The molecule has 0 atom stereocenters. The van der Waals surface area contributed by atoms with Gasteiger partial charge in [0.25, 0.3) is 0 Å². The molecule has 0 radical (unpaired) electrons. The fourth-order valence-corrected chi connectivity index (χ4v) is 7.10. The van der Waals surface area contributed by atoms with Crippen molar-refractivity contribution in [2.75, 3.05) is 4.93 Å². The van der Waals surface area contributed by atoms with Crippen molar-refractivity contribution in [2.24, 2.45) is 7.05 Å². The number of nitrogens with one attached hydrogen (secondary N) is 1. The fraction of sp³-hybridized carbons (Fsp3) is 0.304. The van der Waals surface area contributed by atoms with E-state index in [1.54, 1.807) is 4.93 Å². The van der Waals surface area contributed by atoms with Crippen molar-refractivity contribution in [1.82, 2.24) is 13.3 Å². The molecular formula is C23H22F6IN3O. The fourth-order valence-electron chi connectivity index (χ4n) is 3.66. The Morgan fingerprint density at radius 3 is 2.29 bits per heavy atom. The Bertz CT molecular complexity index is 1220. The average Bonchev–Trinajstić information content (AvgIpc) is 3.03. The van der Waals surface area contributed by atoms with Gasteiger partial charge < -0.3 is 0 Å². The number of aromatic nitrogens is 2. The molecule has 0 saturated carbocycles. The van der Waals surface area contributed by atoms with E-state index in [-0.39, 0.29) is 17.7 Å². The number of benzene rings is 2. The van der Waals surface area contributed by atoms with Crippen LogP contribution in [0.4, 0.5) is 26.3 Å². The summed E-state index contributed by atoms with van der Waals surface area (Å²) in [5.41, 5.74) is -1.03. The zero-order valence-electron chi connectivity index (χ0n) is 18.7. The van der Waals surface area contributed by atoms with Crippen LogP contribution in [0.5, 0.6) is 0 Å². The van der Waals surface area contributed by atoms with Crippen molar-refractivity contribution in [3.63, 3.8) is 0 Å². The minimum absolute atomic E-state index is 0.0944. The summed E-state index contributed by atoms with van der Waals surface area (Å²) < 4.78 is 84.9. The first-order valence-corrected chi connectivity index (χ1v) is 14.3. The number of hydrogen-bond donors (Lipinski definition) is 1. The van der Waals surface area contributed by atoms with Crippen LogP contribution in [0.25, 0.3) is 0 Å². The number of alkyl halides is 7. The summed E-state index contributed by atoms with van der Waals surface area (Å²) in [6.07, 6.45) is -9.85. The van der Waals surface area contributed by atoms with Gasteiger partial charge in [-0.1, -0.05) is 0 Å². The van der Waals surface area contributed by atoms with Crippen LogP contribution < -0.4 is 3.53 Å². The number of amides is 1. The van der Waals surface area contributed by atoms with Gasteiger partial charge in [-0.05, 0) is 0 Å². The van der Waals surface area contributed by atoms with Gasteiger partial charge in [-0.25, -0.2) is 0 Å². The molecule has 1 heterocycles. The number of rotatable bonds is 5. The summed E-state index contributed by atoms with van der Waals surface area (Å²) in [4.78, 5) is 14.9. The third kappa shape index (κ3) is 5.73. The van der Waals surface area contributed by atoms with Crippen molar-refractivity contribution in [2.45, 2.75) is 32.6 Å². The van der Waals surface area contributed by atoms with Crippen LogP contribution in [0.3, 0.4) is 0 Å². The molecule has 3 aromatic rings. The molecule has 4 nitrogen and oxygen atoms in total.